The molecule has 82 valence electrons. The van der Waals surface area contributed by atoms with E-state index < -0.39 is 0 Å². The fraction of sp³-hybridized carbons (Fsp3) is 0.214. The lowest BCUT2D eigenvalue weighted by atomic mass is 10.1. The largest absolute Gasteiger partial charge is 0.306 e. The van der Waals surface area contributed by atoms with Crippen LogP contribution in [0.3, 0.4) is 0 Å². The van der Waals surface area contributed by atoms with Crippen molar-refractivity contribution in [1.29, 1.82) is 0 Å². The van der Waals surface area contributed by atoms with Gasteiger partial charge in [0.1, 0.15) is 0 Å². The molecule has 1 N–H and O–H groups in total. The zero-order valence-corrected chi connectivity index (χ0v) is 9.43. The van der Waals surface area contributed by atoms with Crippen molar-refractivity contribution in [2.45, 2.75) is 19.5 Å². The van der Waals surface area contributed by atoms with E-state index in [-0.39, 0.29) is 0 Å². The van der Waals surface area contributed by atoms with Crippen molar-refractivity contribution < 1.29 is 0 Å². The maximum Gasteiger partial charge on any atom is 0.0294 e. The van der Waals surface area contributed by atoms with Gasteiger partial charge in [-0.05, 0) is 30.2 Å². The quantitative estimate of drug-likeness (QED) is 0.842. The Labute approximate surface area is 96.4 Å². The van der Waals surface area contributed by atoms with Crippen molar-refractivity contribution >= 4 is 0 Å². The maximum atomic E-state index is 4.00. The molecule has 2 rings (SSSR count). The van der Waals surface area contributed by atoms with E-state index in [2.05, 4.69) is 41.5 Å². The summed E-state index contributed by atoms with van der Waals surface area (Å²) in [6.07, 6.45) is 3.65. The molecule has 0 aliphatic rings. The van der Waals surface area contributed by atoms with E-state index in [4.69, 9.17) is 0 Å². The van der Waals surface area contributed by atoms with Crippen LogP contribution in [0.2, 0.25) is 0 Å². The number of nitrogens with zero attached hydrogens (tertiary/aromatic N) is 1. The SMILES string of the molecule is CC(NCc1ccncc1)c1ccccc1. The van der Waals surface area contributed by atoms with Gasteiger partial charge in [0, 0.05) is 25.0 Å². The molecule has 2 heteroatoms. The Balaban J connectivity index is 1.92. The van der Waals surface area contributed by atoms with Crippen molar-refractivity contribution in [3.8, 4) is 0 Å². The van der Waals surface area contributed by atoms with Crippen molar-refractivity contribution in [2.24, 2.45) is 0 Å². The lowest BCUT2D eigenvalue weighted by molar-refractivity contribution is 0.574. The maximum absolute atomic E-state index is 4.00. The summed E-state index contributed by atoms with van der Waals surface area (Å²) in [5, 5.41) is 3.49. The van der Waals surface area contributed by atoms with Crippen LogP contribution >= 0.6 is 0 Å². The van der Waals surface area contributed by atoms with Crippen LogP contribution in [0.25, 0.3) is 0 Å². The van der Waals surface area contributed by atoms with E-state index in [1.807, 2.05) is 30.6 Å². The van der Waals surface area contributed by atoms with Crippen molar-refractivity contribution in [3.63, 3.8) is 0 Å². The monoisotopic (exact) mass is 212 g/mol. The molecule has 0 spiro atoms. The first-order valence-electron chi connectivity index (χ1n) is 5.53. The number of hydrogen-bond donors (Lipinski definition) is 1. The van der Waals surface area contributed by atoms with Crippen LogP contribution in [-0.2, 0) is 6.54 Å². The summed E-state index contributed by atoms with van der Waals surface area (Å²) in [7, 11) is 0. The first-order valence-corrected chi connectivity index (χ1v) is 5.53. The number of pyridine rings is 1. The summed E-state index contributed by atoms with van der Waals surface area (Å²) in [6.45, 7) is 3.05. The van der Waals surface area contributed by atoms with Gasteiger partial charge in [-0.3, -0.25) is 4.98 Å². The minimum Gasteiger partial charge on any atom is -0.306 e. The molecule has 0 saturated heterocycles. The summed E-state index contributed by atoms with van der Waals surface area (Å²) in [5.74, 6) is 0. The third-order valence-electron chi connectivity index (χ3n) is 2.66. The molecule has 2 nitrogen and oxygen atoms in total. The van der Waals surface area contributed by atoms with Gasteiger partial charge in [-0.15, -0.1) is 0 Å². The van der Waals surface area contributed by atoms with E-state index in [1.54, 1.807) is 0 Å². The molecule has 0 amide bonds. The lowest BCUT2D eigenvalue weighted by Gasteiger charge is -2.13. The molecule has 0 fully saturated rings. The van der Waals surface area contributed by atoms with Crippen molar-refractivity contribution in [3.05, 3.63) is 66.0 Å². The summed E-state index contributed by atoms with van der Waals surface area (Å²) in [5.41, 5.74) is 2.58. The van der Waals surface area contributed by atoms with E-state index in [0.717, 1.165) is 6.54 Å². The minimum absolute atomic E-state index is 0.370. The molecule has 0 aliphatic heterocycles. The Bertz CT molecular complexity index is 411. The predicted molar refractivity (Wildman–Crippen MR) is 65.9 cm³/mol. The summed E-state index contributed by atoms with van der Waals surface area (Å²) < 4.78 is 0. The van der Waals surface area contributed by atoms with Gasteiger partial charge < -0.3 is 5.32 Å². The highest BCUT2D eigenvalue weighted by molar-refractivity contribution is 5.18. The van der Waals surface area contributed by atoms with E-state index >= 15 is 0 Å². The lowest BCUT2D eigenvalue weighted by Crippen LogP contribution is -2.17. The van der Waals surface area contributed by atoms with Gasteiger partial charge in [-0.25, -0.2) is 0 Å². The van der Waals surface area contributed by atoms with Gasteiger partial charge in [0.25, 0.3) is 0 Å². The zero-order valence-electron chi connectivity index (χ0n) is 9.43. The molecule has 1 aromatic heterocycles. The molecule has 0 aliphatic carbocycles. The molecule has 1 aromatic carbocycles. The second kappa shape index (κ2) is 5.42. The minimum atomic E-state index is 0.370. The highest BCUT2D eigenvalue weighted by Crippen LogP contribution is 2.11. The second-order valence-electron chi connectivity index (χ2n) is 3.87. The molecule has 1 heterocycles. The van der Waals surface area contributed by atoms with Gasteiger partial charge in [0.05, 0.1) is 0 Å². The van der Waals surface area contributed by atoms with Crippen LogP contribution in [-0.4, -0.2) is 4.98 Å². The van der Waals surface area contributed by atoms with Crippen LogP contribution < -0.4 is 5.32 Å². The van der Waals surface area contributed by atoms with E-state index in [0.29, 0.717) is 6.04 Å². The Morgan fingerprint density at radius 2 is 1.75 bits per heavy atom. The molecule has 0 bridgehead atoms. The standard InChI is InChI=1S/C14H16N2/c1-12(14-5-3-2-4-6-14)16-11-13-7-9-15-10-8-13/h2-10,12,16H,11H2,1H3. The van der Waals surface area contributed by atoms with Crippen LogP contribution in [0.4, 0.5) is 0 Å². The van der Waals surface area contributed by atoms with Crippen LogP contribution in [0.15, 0.2) is 54.9 Å². The van der Waals surface area contributed by atoms with Gasteiger partial charge in [0.15, 0.2) is 0 Å². The van der Waals surface area contributed by atoms with Crippen LogP contribution in [0.5, 0.6) is 0 Å². The molecule has 1 unspecified atom stereocenters. The van der Waals surface area contributed by atoms with E-state index in [9.17, 15) is 0 Å². The number of hydrogen-bond acceptors (Lipinski definition) is 2. The van der Waals surface area contributed by atoms with Gasteiger partial charge in [-0.1, -0.05) is 30.3 Å². The number of benzene rings is 1. The first kappa shape index (κ1) is 10.8. The smallest absolute Gasteiger partial charge is 0.0294 e. The average Bonchev–Trinajstić information content (AvgIpc) is 2.38. The second-order valence-corrected chi connectivity index (χ2v) is 3.87. The Morgan fingerprint density at radius 3 is 2.44 bits per heavy atom. The molecular weight excluding hydrogens is 196 g/mol. The highest BCUT2D eigenvalue weighted by Gasteiger charge is 2.03. The topological polar surface area (TPSA) is 24.9 Å². The first-order chi connectivity index (χ1) is 7.86. The average molecular weight is 212 g/mol. The molecule has 2 aromatic rings. The predicted octanol–water partition coefficient (Wildman–Crippen LogP) is 2.93. The number of aromatic nitrogens is 1. The fourth-order valence-electron chi connectivity index (χ4n) is 1.63. The number of rotatable bonds is 4. The molecule has 1 atom stereocenters. The van der Waals surface area contributed by atoms with Gasteiger partial charge in [-0.2, -0.15) is 0 Å². The zero-order chi connectivity index (χ0) is 11.2. The van der Waals surface area contributed by atoms with Crippen molar-refractivity contribution in [1.82, 2.24) is 10.3 Å². The summed E-state index contributed by atoms with van der Waals surface area (Å²) in [4.78, 5) is 4.00. The number of nitrogens with one attached hydrogen (secondary N) is 1. The Hall–Kier alpha value is -1.67. The molecule has 0 saturated carbocycles. The Kier molecular flexibility index (Phi) is 3.67. The van der Waals surface area contributed by atoms with Gasteiger partial charge >= 0.3 is 0 Å². The summed E-state index contributed by atoms with van der Waals surface area (Å²) >= 11 is 0. The third-order valence-corrected chi connectivity index (χ3v) is 2.66. The molecule has 16 heavy (non-hydrogen) atoms. The normalized spacial score (nSPS) is 12.3. The fourth-order valence-corrected chi connectivity index (χ4v) is 1.63. The van der Waals surface area contributed by atoms with Crippen LogP contribution in [0, 0.1) is 0 Å². The highest BCUT2D eigenvalue weighted by atomic mass is 14.9. The van der Waals surface area contributed by atoms with Gasteiger partial charge in [0.2, 0.25) is 0 Å². The Morgan fingerprint density at radius 1 is 1.06 bits per heavy atom. The van der Waals surface area contributed by atoms with E-state index in [1.165, 1.54) is 11.1 Å². The van der Waals surface area contributed by atoms with Crippen LogP contribution in [0.1, 0.15) is 24.1 Å². The summed E-state index contributed by atoms with van der Waals surface area (Å²) in [6, 6.07) is 14.9. The third kappa shape index (κ3) is 2.91. The van der Waals surface area contributed by atoms with Crippen molar-refractivity contribution in [2.75, 3.05) is 0 Å². The molecule has 0 radical (unpaired) electrons. The molecular formula is C14H16N2.